The van der Waals surface area contributed by atoms with Gasteiger partial charge in [0.15, 0.2) is 0 Å². The van der Waals surface area contributed by atoms with Gasteiger partial charge in [0.05, 0.1) is 10.6 Å². The van der Waals surface area contributed by atoms with Crippen LogP contribution in [0.2, 0.25) is 0 Å². The Morgan fingerprint density at radius 3 is 2.50 bits per heavy atom. The van der Waals surface area contributed by atoms with Crippen molar-refractivity contribution in [1.29, 1.82) is 0 Å². The predicted octanol–water partition coefficient (Wildman–Crippen LogP) is 2.60. The molecule has 0 aliphatic carbocycles. The zero-order chi connectivity index (χ0) is 21.3. The second kappa shape index (κ2) is 7.75. The Bertz CT molecular complexity index is 1210. The van der Waals surface area contributed by atoms with Gasteiger partial charge in [0.1, 0.15) is 0 Å². The molecule has 0 bridgehead atoms. The van der Waals surface area contributed by atoms with Crippen molar-refractivity contribution in [3.63, 3.8) is 0 Å². The summed E-state index contributed by atoms with van der Waals surface area (Å²) in [6.45, 7) is 4.03. The molecule has 0 atom stereocenters. The number of aryl methyl sites for hydroxylation is 2. The van der Waals surface area contributed by atoms with Crippen LogP contribution in [0, 0.1) is 13.8 Å². The lowest BCUT2D eigenvalue weighted by atomic mass is 10.2. The van der Waals surface area contributed by atoms with E-state index in [0.717, 1.165) is 17.0 Å². The topological polar surface area (TPSA) is 104 Å². The summed E-state index contributed by atoms with van der Waals surface area (Å²) in [7, 11) is -3.78. The molecule has 0 saturated heterocycles. The lowest BCUT2D eigenvalue weighted by Crippen LogP contribution is -2.31. The first kappa shape index (κ1) is 19.8. The van der Waals surface area contributed by atoms with Gasteiger partial charge >= 0.3 is 0 Å². The Labute approximate surface area is 175 Å². The van der Waals surface area contributed by atoms with Gasteiger partial charge in [-0.05, 0) is 56.2 Å². The summed E-state index contributed by atoms with van der Waals surface area (Å²) in [5, 5.41) is 0. The van der Waals surface area contributed by atoms with Crippen LogP contribution in [0.15, 0.2) is 59.5 Å². The van der Waals surface area contributed by atoms with Crippen molar-refractivity contribution in [2.45, 2.75) is 25.2 Å². The van der Waals surface area contributed by atoms with E-state index in [1.807, 2.05) is 38.1 Å². The first-order valence-corrected chi connectivity index (χ1v) is 10.9. The molecule has 0 saturated carbocycles. The molecule has 0 spiro atoms. The monoisotopic (exact) mass is 423 g/mol. The quantitative estimate of drug-likeness (QED) is 0.612. The maximum Gasteiger partial charge on any atom is 0.269 e. The molecule has 30 heavy (non-hydrogen) atoms. The highest BCUT2D eigenvalue weighted by Gasteiger charge is 2.30. The Morgan fingerprint density at radius 1 is 1.00 bits per heavy atom. The van der Waals surface area contributed by atoms with Gasteiger partial charge in [0.25, 0.3) is 15.9 Å². The van der Waals surface area contributed by atoms with Crippen LogP contribution in [-0.2, 0) is 16.4 Å². The number of carbonyl (C=O) groups is 1. The molecule has 1 aliphatic rings. The molecule has 2 N–H and O–H groups in total. The first-order chi connectivity index (χ1) is 14.3. The summed E-state index contributed by atoms with van der Waals surface area (Å²) in [6, 6.07) is 15.2. The largest absolute Gasteiger partial charge is 0.269 e. The summed E-state index contributed by atoms with van der Waals surface area (Å²) in [5.41, 5.74) is 8.59. The Morgan fingerprint density at radius 2 is 1.73 bits per heavy atom. The van der Waals surface area contributed by atoms with Gasteiger partial charge in [-0.1, -0.05) is 24.3 Å². The van der Waals surface area contributed by atoms with Gasteiger partial charge in [-0.25, -0.2) is 18.4 Å². The molecule has 3 aromatic rings. The molecule has 1 aliphatic heterocycles. The molecular formula is C21H21N5O3S. The third-order valence-corrected chi connectivity index (χ3v) is 6.61. The lowest BCUT2D eigenvalue weighted by molar-refractivity contribution is 0.0962. The van der Waals surface area contributed by atoms with Crippen LogP contribution < -0.4 is 15.2 Å². The number of benzene rings is 2. The molecule has 1 aromatic heterocycles. The maximum atomic E-state index is 13.2. The summed E-state index contributed by atoms with van der Waals surface area (Å²) in [5.74, 6) is -0.227. The van der Waals surface area contributed by atoms with Crippen molar-refractivity contribution in [2.75, 3.05) is 16.3 Å². The van der Waals surface area contributed by atoms with Gasteiger partial charge in [-0.15, -0.1) is 0 Å². The molecule has 0 unspecified atom stereocenters. The number of nitrogens with one attached hydrogen (secondary N) is 2. The van der Waals surface area contributed by atoms with E-state index in [-0.39, 0.29) is 16.4 Å². The van der Waals surface area contributed by atoms with Crippen molar-refractivity contribution in [1.82, 2.24) is 15.4 Å². The van der Waals surface area contributed by atoms with E-state index in [2.05, 4.69) is 20.8 Å². The SMILES string of the molecule is Cc1cc(C)nc(NNC(=O)c2cccc(S(=O)(=O)N3CCc4ccccc43)c2)n1. The number of para-hydroxylation sites is 1. The Kier molecular flexibility index (Phi) is 5.13. The van der Waals surface area contributed by atoms with Gasteiger partial charge in [0, 0.05) is 23.5 Å². The summed E-state index contributed by atoms with van der Waals surface area (Å²) < 4.78 is 27.8. The summed E-state index contributed by atoms with van der Waals surface area (Å²) in [6.07, 6.45) is 0.662. The van der Waals surface area contributed by atoms with Gasteiger partial charge in [0.2, 0.25) is 5.95 Å². The van der Waals surface area contributed by atoms with E-state index in [1.54, 1.807) is 18.2 Å². The van der Waals surface area contributed by atoms with E-state index in [9.17, 15) is 13.2 Å². The normalized spacial score (nSPS) is 13.1. The second-order valence-corrected chi connectivity index (χ2v) is 8.90. The van der Waals surface area contributed by atoms with Gasteiger partial charge < -0.3 is 0 Å². The Hall–Kier alpha value is -3.46. The number of fused-ring (bicyclic) bond motifs is 1. The molecule has 4 rings (SSSR count). The average molecular weight is 423 g/mol. The van der Waals surface area contributed by atoms with Crippen molar-refractivity contribution < 1.29 is 13.2 Å². The number of anilines is 2. The van der Waals surface area contributed by atoms with E-state index < -0.39 is 15.9 Å². The minimum atomic E-state index is -3.78. The average Bonchev–Trinajstić information content (AvgIpc) is 3.16. The smallest absolute Gasteiger partial charge is 0.267 e. The van der Waals surface area contributed by atoms with Crippen molar-refractivity contribution in [2.24, 2.45) is 0 Å². The number of hydrogen-bond acceptors (Lipinski definition) is 6. The highest BCUT2D eigenvalue weighted by molar-refractivity contribution is 7.92. The van der Waals surface area contributed by atoms with E-state index in [4.69, 9.17) is 0 Å². The molecule has 0 fully saturated rings. The van der Waals surface area contributed by atoms with Crippen LogP contribution in [0.25, 0.3) is 0 Å². The molecule has 2 heterocycles. The molecular weight excluding hydrogens is 402 g/mol. The second-order valence-electron chi connectivity index (χ2n) is 7.04. The number of sulfonamides is 1. The molecule has 1 amide bonds. The third kappa shape index (κ3) is 3.84. The zero-order valence-electron chi connectivity index (χ0n) is 16.6. The van der Waals surface area contributed by atoms with Crippen molar-refractivity contribution >= 4 is 27.6 Å². The Balaban J connectivity index is 1.54. The highest BCUT2D eigenvalue weighted by atomic mass is 32.2. The van der Waals surface area contributed by atoms with Crippen molar-refractivity contribution in [3.8, 4) is 0 Å². The minimum Gasteiger partial charge on any atom is -0.267 e. The highest BCUT2D eigenvalue weighted by Crippen LogP contribution is 2.32. The summed E-state index contributed by atoms with van der Waals surface area (Å²) >= 11 is 0. The molecule has 9 heteroatoms. The number of amides is 1. The number of aromatic nitrogens is 2. The minimum absolute atomic E-state index is 0.0644. The fourth-order valence-corrected chi connectivity index (χ4v) is 5.00. The van der Waals surface area contributed by atoms with Gasteiger partial charge in [-0.2, -0.15) is 0 Å². The number of rotatable bonds is 5. The molecule has 0 radical (unpaired) electrons. The van der Waals surface area contributed by atoms with Crippen LogP contribution in [0.1, 0.15) is 27.3 Å². The zero-order valence-corrected chi connectivity index (χ0v) is 17.4. The number of nitrogens with zero attached hydrogens (tertiary/aromatic N) is 3. The van der Waals surface area contributed by atoms with Crippen LogP contribution in [0.4, 0.5) is 11.6 Å². The molecule has 2 aromatic carbocycles. The predicted molar refractivity (Wildman–Crippen MR) is 114 cm³/mol. The van der Waals surface area contributed by atoms with Gasteiger partial charge in [-0.3, -0.25) is 20.0 Å². The lowest BCUT2D eigenvalue weighted by Gasteiger charge is -2.20. The third-order valence-electron chi connectivity index (χ3n) is 4.80. The van der Waals surface area contributed by atoms with Crippen molar-refractivity contribution in [3.05, 3.63) is 77.1 Å². The molecule has 154 valence electrons. The number of hydrogen-bond donors (Lipinski definition) is 2. The van der Waals surface area contributed by atoms with E-state index in [1.165, 1.54) is 16.4 Å². The fourth-order valence-electron chi connectivity index (χ4n) is 3.45. The van der Waals surface area contributed by atoms with E-state index >= 15 is 0 Å². The maximum absolute atomic E-state index is 13.2. The number of carbonyl (C=O) groups excluding carboxylic acids is 1. The molecule has 8 nitrogen and oxygen atoms in total. The summed E-state index contributed by atoms with van der Waals surface area (Å²) in [4.78, 5) is 21.0. The van der Waals surface area contributed by atoms with E-state index in [0.29, 0.717) is 18.7 Å². The standard InChI is InChI=1S/C21H21N5O3S/c1-14-12-15(2)23-21(22-14)25-24-20(27)17-7-5-8-18(13-17)30(28,29)26-11-10-16-6-3-4-9-19(16)26/h3-9,12-13H,10-11H2,1-2H3,(H,24,27)(H,22,23,25). The van der Waals surface area contributed by atoms with Crippen LogP contribution in [0.5, 0.6) is 0 Å². The number of hydrazine groups is 1. The first-order valence-electron chi connectivity index (χ1n) is 9.44. The van der Waals surface area contributed by atoms with Crippen LogP contribution in [-0.4, -0.2) is 30.8 Å². The van der Waals surface area contributed by atoms with Crippen LogP contribution in [0.3, 0.4) is 0 Å². The van der Waals surface area contributed by atoms with Crippen LogP contribution >= 0.6 is 0 Å². The fraction of sp³-hybridized carbons (Fsp3) is 0.190.